The van der Waals surface area contributed by atoms with E-state index in [0.29, 0.717) is 17.2 Å². The Kier molecular flexibility index (Phi) is 6.02. The lowest BCUT2D eigenvalue weighted by Crippen LogP contribution is -2.57. The molecule has 2 rings (SSSR count). The second-order valence-electron chi connectivity index (χ2n) is 5.81. The van der Waals surface area contributed by atoms with Gasteiger partial charge in [-0.05, 0) is 44.9 Å². The standard InChI is InChI=1S/C15H28N2OS/c1-3-10-16-12-7-6-11-17(15(12)18)13-8-4-5-9-14(13)19-2/h12-14,16H,3-11H2,1-2H3. The van der Waals surface area contributed by atoms with Gasteiger partial charge in [0.25, 0.3) is 0 Å². The van der Waals surface area contributed by atoms with Crippen LogP contribution in [0.4, 0.5) is 0 Å². The Hall–Kier alpha value is -0.220. The van der Waals surface area contributed by atoms with E-state index < -0.39 is 0 Å². The molecule has 3 nitrogen and oxygen atoms in total. The molecule has 19 heavy (non-hydrogen) atoms. The molecule has 1 saturated heterocycles. The summed E-state index contributed by atoms with van der Waals surface area (Å²) in [6.07, 6.45) is 10.6. The van der Waals surface area contributed by atoms with Crippen molar-refractivity contribution in [2.75, 3.05) is 19.3 Å². The van der Waals surface area contributed by atoms with Gasteiger partial charge in [0, 0.05) is 17.8 Å². The molecule has 0 aromatic heterocycles. The Morgan fingerprint density at radius 3 is 2.79 bits per heavy atom. The second-order valence-corrected chi connectivity index (χ2v) is 6.88. The van der Waals surface area contributed by atoms with Crippen molar-refractivity contribution in [3.63, 3.8) is 0 Å². The van der Waals surface area contributed by atoms with Crippen molar-refractivity contribution in [2.24, 2.45) is 0 Å². The molecular formula is C15H28N2OS. The van der Waals surface area contributed by atoms with E-state index in [1.165, 1.54) is 25.7 Å². The van der Waals surface area contributed by atoms with Gasteiger partial charge < -0.3 is 10.2 Å². The molecule has 1 N–H and O–H groups in total. The molecule has 0 aromatic rings. The highest BCUT2D eigenvalue weighted by molar-refractivity contribution is 7.99. The summed E-state index contributed by atoms with van der Waals surface area (Å²) in [5.41, 5.74) is 0. The fourth-order valence-electron chi connectivity index (χ4n) is 3.45. The summed E-state index contributed by atoms with van der Waals surface area (Å²) in [6.45, 7) is 4.09. The second kappa shape index (κ2) is 7.53. The maximum Gasteiger partial charge on any atom is 0.239 e. The topological polar surface area (TPSA) is 32.3 Å². The van der Waals surface area contributed by atoms with Crippen LogP contribution in [0.3, 0.4) is 0 Å². The van der Waals surface area contributed by atoms with Gasteiger partial charge >= 0.3 is 0 Å². The van der Waals surface area contributed by atoms with E-state index in [-0.39, 0.29) is 6.04 Å². The predicted octanol–water partition coefficient (Wildman–Crippen LogP) is 2.65. The Bertz CT molecular complexity index is 298. The fraction of sp³-hybridized carbons (Fsp3) is 0.933. The van der Waals surface area contributed by atoms with E-state index in [1.807, 2.05) is 11.8 Å². The van der Waals surface area contributed by atoms with Crippen LogP contribution in [0.5, 0.6) is 0 Å². The fourth-order valence-corrected chi connectivity index (χ4v) is 4.45. The summed E-state index contributed by atoms with van der Waals surface area (Å²) >= 11 is 1.95. The molecular weight excluding hydrogens is 256 g/mol. The lowest BCUT2D eigenvalue weighted by Gasteiger charge is -2.43. The van der Waals surface area contributed by atoms with E-state index >= 15 is 0 Å². The number of rotatable bonds is 5. The zero-order valence-electron chi connectivity index (χ0n) is 12.4. The van der Waals surface area contributed by atoms with Gasteiger partial charge in [-0.25, -0.2) is 0 Å². The molecule has 1 heterocycles. The number of hydrogen-bond donors (Lipinski definition) is 1. The van der Waals surface area contributed by atoms with Crippen LogP contribution < -0.4 is 5.32 Å². The molecule has 0 aromatic carbocycles. The Morgan fingerprint density at radius 2 is 2.05 bits per heavy atom. The third-order valence-corrected chi connectivity index (χ3v) is 5.64. The highest BCUT2D eigenvalue weighted by Gasteiger charge is 2.37. The quantitative estimate of drug-likeness (QED) is 0.842. The normalized spacial score (nSPS) is 32.6. The number of hydrogen-bond acceptors (Lipinski definition) is 3. The molecule has 3 atom stereocenters. The molecule has 0 bridgehead atoms. The molecule has 3 unspecified atom stereocenters. The van der Waals surface area contributed by atoms with E-state index in [9.17, 15) is 4.79 Å². The van der Waals surface area contributed by atoms with Gasteiger partial charge in [-0.3, -0.25) is 4.79 Å². The molecule has 1 aliphatic carbocycles. The maximum atomic E-state index is 12.6. The van der Waals surface area contributed by atoms with Crippen LogP contribution in [0, 0.1) is 0 Å². The van der Waals surface area contributed by atoms with Crippen molar-refractivity contribution in [1.82, 2.24) is 10.2 Å². The molecule has 1 saturated carbocycles. The molecule has 0 radical (unpaired) electrons. The lowest BCUT2D eigenvalue weighted by molar-refractivity contribution is -0.139. The minimum absolute atomic E-state index is 0.0816. The van der Waals surface area contributed by atoms with Crippen molar-refractivity contribution in [2.45, 2.75) is 69.2 Å². The first-order chi connectivity index (χ1) is 9.27. The van der Waals surface area contributed by atoms with Gasteiger partial charge in [0.05, 0.1) is 6.04 Å². The van der Waals surface area contributed by atoms with Crippen LogP contribution in [0.2, 0.25) is 0 Å². The number of likely N-dealkylation sites (tertiary alicyclic amines) is 1. The summed E-state index contributed by atoms with van der Waals surface area (Å²) in [6, 6.07) is 0.570. The number of amides is 1. The summed E-state index contributed by atoms with van der Waals surface area (Å²) in [5, 5.41) is 4.08. The number of piperidine rings is 1. The number of carbonyl (C=O) groups is 1. The zero-order valence-corrected chi connectivity index (χ0v) is 13.2. The van der Waals surface area contributed by atoms with Crippen molar-refractivity contribution in [3.8, 4) is 0 Å². The third kappa shape index (κ3) is 3.66. The molecule has 110 valence electrons. The minimum atomic E-state index is 0.0816. The number of nitrogens with zero attached hydrogens (tertiary/aromatic N) is 1. The third-order valence-electron chi connectivity index (χ3n) is 4.48. The molecule has 2 aliphatic rings. The summed E-state index contributed by atoms with van der Waals surface area (Å²) < 4.78 is 0. The van der Waals surface area contributed by atoms with E-state index in [2.05, 4.69) is 23.4 Å². The van der Waals surface area contributed by atoms with Crippen LogP contribution in [-0.4, -0.2) is 47.5 Å². The van der Waals surface area contributed by atoms with E-state index in [1.54, 1.807) is 0 Å². The van der Waals surface area contributed by atoms with Crippen LogP contribution in [0.25, 0.3) is 0 Å². The predicted molar refractivity (Wildman–Crippen MR) is 82.6 cm³/mol. The van der Waals surface area contributed by atoms with Crippen molar-refractivity contribution in [1.29, 1.82) is 0 Å². The molecule has 4 heteroatoms. The minimum Gasteiger partial charge on any atom is -0.337 e. The average molecular weight is 284 g/mol. The van der Waals surface area contributed by atoms with E-state index in [0.717, 1.165) is 32.4 Å². The van der Waals surface area contributed by atoms with Gasteiger partial charge in [-0.1, -0.05) is 19.8 Å². The first kappa shape index (κ1) is 15.2. The van der Waals surface area contributed by atoms with Gasteiger partial charge in [-0.2, -0.15) is 11.8 Å². The summed E-state index contributed by atoms with van der Waals surface area (Å²) in [4.78, 5) is 14.9. The Morgan fingerprint density at radius 1 is 1.26 bits per heavy atom. The highest BCUT2D eigenvalue weighted by Crippen LogP contribution is 2.32. The van der Waals surface area contributed by atoms with Crippen molar-refractivity contribution < 1.29 is 4.79 Å². The molecule has 1 amide bonds. The average Bonchev–Trinajstić information content (AvgIpc) is 2.46. The van der Waals surface area contributed by atoms with Gasteiger partial charge in [0.1, 0.15) is 0 Å². The number of thioether (sulfide) groups is 1. The van der Waals surface area contributed by atoms with Crippen LogP contribution in [-0.2, 0) is 4.79 Å². The number of carbonyl (C=O) groups excluding carboxylic acids is 1. The molecule has 2 fully saturated rings. The SMILES string of the molecule is CCCNC1CCCN(C2CCCCC2SC)C1=O. The van der Waals surface area contributed by atoms with E-state index in [4.69, 9.17) is 0 Å². The highest BCUT2D eigenvalue weighted by atomic mass is 32.2. The van der Waals surface area contributed by atoms with Crippen LogP contribution >= 0.6 is 11.8 Å². The number of nitrogens with one attached hydrogen (secondary N) is 1. The molecule has 0 spiro atoms. The van der Waals surface area contributed by atoms with Crippen LogP contribution in [0.15, 0.2) is 0 Å². The summed E-state index contributed by atoms with van der Waals surface area (Å²) in [7, 11) is 0. The van der Waals surface area contributed by atoms with Gasteiger partial charge in [0.2, 0.25) is 5.91 Å². The van der Waals surface area contributed by atoms with Crippen molar-refractivity contribution in [3.05, 3.63) is 0 Å². The zero-order chi connectivity index (χ0) is 13.7. The largest absolute Gasteiger partial charge is 0.337 e. The van der Waals surface area contributed by atoms with Gasteiger partial charge in [0.15, 0.2) is 0 Å². The van der Waals surface area contributed by atoms with Crippen molar-refractivity contribution >= 4 is 17.7 Å². The monoisotopic (exact) mass is 284 g/mol. The first-order valence-electron chi connectivity index (χ1n) is 7.84. The molecule has 1 aliphatic heterocycles. The van der Waals surface area contributed by atoms with Crippen LogP contribution in [0.1, 0.15) is 51.9 Å². The first-order valence-corrected chi connectivity index (χ1v) is 9.13. The lowest BCUT2D eigenvalue weighted by atomic mass is 9.91. The Balaban J connectivity index is 1.99. The van der Waals surface area contributed by atoms with Gasteiger partial charge in [-0.15, -0.1) is 0 Å². The smallest absolute Gasteiger partial charge is 0.239 e. The Labute approximate surface area is 121 Å². The maximum absolute atomic E-state index is 12.6. The summed E-state index contributed by atoms with van der Waals surface area (Å²) in [5.74, 6) is 0.366.